The highest BCUT2D eigenvalue weighted by Gasteiger charge is 2.26. The fraction of sp³-hybridized carbons (Fsp3) is 0.364. The third-order valence-electron chi connectivity index (χ3n) is 5.43. The van der Waals surface area contributed by atoms with E-state index in [0.717, 1.165) is 43.2 Å². The molecule has 2 aromatic carbocycles. The van der Waals surface area contributed by atoms with Gasteiger partial charge in [-0.25, -0.2) is 0 Å². The molecule has 0 aliphatic carbocycles. The minimum absolute atomic E-state index is 0.0764. The van der Waals surface area contributed by atoms with Gasteiger partial charge in [0, 0.05) is 37.4 Å². The summed E-state index contributed by atoms with van der Waals surface area (Å²) >= 11 is 0. The first kappa shape index (κ1) is 19.3. The summed E-state index contributed by atoms with van der Waals surface area (Å²) in [6, 6.07) is 15.9. The monoisotopic (exact) mass is 394 g/mol. The van der Waals surface area contributed by atoms with E-state index in [9.17, 15) is 0 Å². The normalized spacial score (nSPS) is 15.9. The van der Waals surface area contributed by atoms with Crippen molar-refractivity contribution in [2.75, 3.05) is 45.3 Å². The molecule has 1 aromatic heterocycles. The van der Waals surface area contributed by atoms with Crippen LogP contribution in [0.2, 0.25) is 0 Å². The fourth-order valence-corrected chi connectivity index (χ4v) is 3.57. The van der Waals surface area contributed by atoms with Gasteiger partial charge in [-0.15, -0.1) is 10.2 Å². The van der Waals surface area contributed by atoms with Gasteiger partial charge in [-0.3, -0.25) is 4.90 Å². The molecule has 29 heavy (non-hydrogen) atoms. The summed E-state index contributed by atoms with van der Waals surface area (Å²) in [7, 11) is 3.34. The Balaban J connectivity index is 1.38. The lowest BCUT2D eigenvalue weighted by molar-refractivity contribution is 0.174. The maximum absolute atomic E-state index is 5.96. The van der Waals surface area contributed by atoms with Gasteiger partial charge in [-0.05, 0) is 55.5 Å². The number of aromatic nitrogens is 2. The first-order chi connectivity index (χ1) is 14.2. The Morgan fingerprint density at radius 1 is 0.828 bits per heavy atom. The van der Waals surface area contributed by atoms with Gasteiger partial charge in [-0.2, -0.15) is 0 Å². The van der Waals surface area contributed by atoms with E-state index in [-0.39, 0.29) is 6.04 Å². The van der Waals surface area contributed by atoms with Gasteiger partial charge in [-0.1, -0.05) is 0 Å². The molecule has 2 heterocycles. The second-order valence-electron chi connectivity index (χ2n) is 7.07. The van der Waals surface area contributed by atoms with Gasteiger partial charge in [0.25, 0.3) is 0 Å². The molecule has 152 valence electrons. The Morgan fingerprint density at radius 3 is 2.00 bits per heavy atom. The minimum Gasteiger partial charge on any atom is -0.497 e. The predicted octanol–water partition coefficient (Wildman–Crippen LogP) is 3.64. The van der Waals surface area contributed by atoms with Gasteiger partial charge in [0.15, 0.2) is 0 Å². The van der Waals surface area contributed by atoms with Crippen LogP contribution >= 0.6 is 0 Å². The maximum Gasteiger partial charge on any atom is 0.247 e. The summed E-state index contributed by atoms with van der Waals surface area (Å²) in [5.74, 6) is 2.86. The summed E-state index contributed by atoms with van der Waals surface area (Å²) in [6.45, 7) is 5.90. The summed E-state index contributed by atoms with van der Waals surface area (Å²) in [5.41, 5.74) is 2.11. The van der Waals surface area contributed by atoms with Crippen LogP contribution in [0.4, 0.5) is 5.69 Å². The Hall–Kier alpha value is -3.06. The Labute approximate surface area is 170 Å². The molecule has 0 saturated carbocycles. The predicted molar refractivity (Wildman–Crippen MR) is 111 cm³/mol. The number of nitrogens with zero attached hydrogens (tertiary/aromatic N) is 4. The molecular formula is C22H26N4O3. The van der Waals surface area contributed by atoms with Gasteiger partial charge in [0.2, 0.25) is 11.8 Å². The SMILES string of the molecule is COc1ccc(-c2nnc([C@@H](C)N3CCN(c4ccc(OC)cc4)CC3)o2)cc1. The van der Waals surface area contributed by atoms with Crippen molar-refractivity contribution in [1.82, 2.24) is 15.1 Å². The van der Waals surface area contributed by atoms with Gasteiger partial charge < -0.3 is 18.8 Å². The minimum atomic E-state index is 0.0764. The molecule has 1 aliphatic rings. The van der Waals surface area contributed by atoms with E-state index in [1.54, 1.807) is 14.2 Å². The van der Waals surface area contributed by atoms with Crippen molar-refractivity contribution in [3.8, 4) is 23.0 Å². The van der Waals surface area contributed by atoms with E-state index >= 15 is 0 Å². The van der Waals surface area contributed by atoms with Crippen molar-refractivity contribution in [2.45, 2.75) is 13.0 Å². The number of hydrogen-bond acceptors (Lipinski definition) is 7. The van der Waals surface area contributed by atoms with E-state index in [4.69, 9.17) is 13.9 Å². The zero-order valence-corrected chi connectivity index (χ0v) is 17.0. The zero-order chi connectivity index (χ0) is 20.2. The third kappa shape index (κ3) is 4.19. The Bertz CT molecular complexity index is 916. The molecule has 0 radical (unpaired) electrons. The quantitative estimate of drug-likeness (QED) is 0.632. The van der Waals surface area contributed by atoms with Crippen LogP contribution in [0, 0.1) is 0 Å². The molecule has 1 atom stereocenters. The second-order valence-corrected chi connectivity index (χ2v) is 7.07. The average molecular weight is 394 g/mol. The smallest absolute Gasteiger partial charge is 0.247 e. The third-order valence-corrected chi connectivity index (χ3v) is 5.43. The standard InChI is InChI=1S/C22H26N4O3/c1-16(21-23-24-22(29-21)17-4-8-19(27-2)9-5-17)25-12-14-26(15-13-25)18-6-10-20(28-3)11-7-18/h4-11,16H,12-15H2,1-3H3/t16-/m1/s1. The highest BCUT2D eigenvalue weighted by atomic mass is 16.5. The highest BCUT2D eigenvalue weighted by Crippen LogP contribution is 2.27. The molecule has 0 spiro atoms. The molecule has 0 unspecified atom stereocenters. The van der Waals surface area contributed by atoms with E-state index in [1.807, 2.05) is 36.4 Å². The van der Waals surface area contributed by atoms with Gasteiger partial charge >= 0.3 is 0 Å². The number of piperazine rings is 1. The molecule has 4 rings (SSSR count). The molecule has 0 bridgehead atoms. The Kier molecular flexibility index (Phi) is 5.67. The number of hydrogen-bond donors (Lipinski definition) is 0. The summed E-state index contributed by atoms with van der Waals surface area (Å²) in [5, 5.41) is 8.52. The topological polar surface area (TPSA) is 63.9 Å². The maximum atomic E-state index is 5.96. The van der Waals surface area contributed by atoms with E-state index in [1.165, 1.54) is 5.69 Å². The molecule has 1 saturated heterocycles. The van der Waals surface area contributed by atoms with Crippen molar-refractivity contribution < 1.29 is 13.9 Å². The van der Waals surface area contributed by atoms with Gasteiger partial charge in [0.1, 0.15) is 11.5 Å². The molecule has 7 heteroatoms. The molecule has 1 fully saturated rings. The van der Waals surface area contributed by atoms with Crippen LogP contribution in [0.5, 0.6) is 11.5 Å². The number of methoxy groups -OCH3 is 2. The van der Waals surface area contributed by atoms with E-state index in [2.05, 4.69) is 39.1 Å². The van der Waals surface area contributed by atoms with Crippen molar-refractivity contribution in [3.05, 3.63) is 54.4 Å². The van der Waals surface area contributed by atoms with E-state index < -0.39 is 0 Å². The van der Waals surface area contributed by atoms with Gasteiger partial charge in [0.05, 0.1) is 20.3 Å². The highest BCUT2D eigenvalue weighted by molar-refractivity contribution is 5.54. The summed E-state index contributed by atoms with van der Waals surface area (Å²) in [4.78, 5) is 4.77. The lowest BCUT2D eigenvalue weighted by atomic mass is 10.2. The molecule has 1 aliphatic heterocycles. The largest absolute Gasteiger partial charge is 0.497 e. The molecule has 0 amide bonds. The summed E-state index contributed by atoms with van der Waals surface area (Å²) < 4.78 is 16.4. The number of anilines is 1. The molecule has 0 N–H and O–H groups in total. The first-order valence-electron chi connectivity index (χ1n) is 9.79. The lowest BCUT2D eigenvalue weighted by Gasteiger charge is -2.38. The van der Waals surface area contributed by atoms with Crippen molar-refractivity contribution in [1.29, 1.82) is 0 Å². The van der Waals surface area contributed by atoms with Crippen LogP contribution < -0.4 is 14.4 Å². The fourth-order valence-electron chi connectivity index (χ4n) is 3.57. The van der Waals surface area contributed by atoms with Crippen LogP contribution in [-0.2, 0) is 0 Å². The van der Waals surface area contributed by atoms with E-state index in [0.29, 0.717) is 11.8 Å². The van der Waals surface area contributed by atoms with Crippen LogP contribution in [0.3, 0.4) is 0 Å². The number of rotatable bonds is 6. The van der Waals surface area contributed by atoms with Crippen LogP contribution in [-0.4, -0.2) is 55.5 Å². The molecule has 3 aromatic rings. The number of ether oxygens (including phenoxy) is 2. The average Bonchev–Trinajstić information content (AvgIpc) is 3.29. The summed E-state index contributed by atoms with van der Waals surface area (Å²) in [6.07, 6.45) is 0. The van der Waals surface area contributed by atoms with Crippen molar-refractivity contribution in [2.24, 2.45) is 0 Å². The first-order valence-corrected chi connectivity index (χ1v) is 9.79. The van der Waals surface area contributed by atoms with Crippen molar-refractivity contribution in [3.63, 3.8) is 0 Å². The van der Waals surface area contributed by atoms with Crippen LogP contribution in [0.15, 0.2) is 52.9 Å². The molecule has 7 nitrogen and oxygen atoms in total. The second kappa shape index (κ2) is 8.53. The Morgan fingerprint density at radius 2 is 1.41 bits per heavy atom. The lowest BCUT2D eigenvalue weighted by Crippen LogP contribution is -2.47. The van der Waals surface area contributed by atoms with Crippen molar-refractivity contribution >= 4 is 5.69 Å². The zero-order valence-electron chi connectivity index (χ0n) is 17.0. The molecular weight excluding hydrogens is 368 g/mol. The van der Waals surface area contributed by atoms with Crippen LogP contribution in [0.1, 0.15) is 18.9 Å². The van der Waals surface area contributed by atoms with Crippen LogP contribution in [0.25, 0.3) is 11.5 Å². The number of benzene rings is 2.